The summed E-state index contributed by atoms with van der Waals surface area (Å²) in [4.78, 5) is 8.93. The Bertz CT molecular complexity index is 139. The lowest BCUT2D eigenvalue weighted by Crippen LogP contribution is -2.08. The highest BCUT2D eigenvalue weighted by atomic mass is 31.2. The molecule has 2 atom stereocenters. The minimum Gasteiger partial charge on any atom is -0.323 e. The summed E-state index contributed by atoms with van der Waals surface area (Å²) in [6, 6.07) is 0. The average Bonchev–Trinajstić information content (AvgIpc) is 1.89. The van der Waals surface area contributed by atoms with Crippen molar-refractivity contribution in [1.29, 1.82) is 0 Å². The lowest BCUT2D eigenvalue weighted by Gasteiger charge is -2.14. The predicted molar refractivity (Wildman–Crippen MR) is 39.5 cm³/mol. The molecule has 0 amide bonds. The third-order valence-electron chi connectivity index (χ3n) is 1.41. The number of nitrogens with two attached hydrogens (primary N) is 1. The topological polar surface area (TPSA) is 72.5 Å². The van der Waals surface area contributed by atoms with Gasteiger partial charge in [0.05, 0.1) is 5.66 Å². The third kappa shape index (κ3) is 2.80. The molecule has 0 aromatic heterocycles. The third-order valence-corrected chi connectivity index (χ3v) is 3.09. The van der Waals surface area contributed by atoms with E-state index in [9.17, 15) is 4.57 Å². The molecule has 2 unspecified atom stereocenters. The van der Waals surface area contributed by atoms with Crippen LogP contribution in [0, 0.1) is 0 Å². The fourth-order valence-corrected chi connectivity index (χ4v) is 1.48. The Morgan fingerprint density at radius 2 is 2.30 bits per heavy atom. The normalized spacial score (nSPS) is 20.0. The number of rotatable bonds is 4. The fraction of sp³-hybridized carbons (Fsp3) is 1.00. The summed E-state index contributed by atoms with van der Waals surface area (Å²) in [6.07, 6.45) is 1.51. The molecule has 5 heteroatoms. The second kappa shape index (κ2) is 4.09. The van der Waals surface area contributed by atoms with Gasteiger partial charge >= 0.3 is 7.60 Å². The predicted octanol–water partition coefficient (Wildman–Crippen LogP) is 1.25. The molecule has 0 aliphatic rings. The van der Waals surface area contributed by atoms with E-state index < -0.39 is 7.60 Å². The largest absolute Gasteiger partial charge is 0.346 e. The lowest BCUT2D eigenvalue weighted by atomic mass is 10.3. The summed E-state index contributed by atoms with van der Waals surface area (Å²) in [5.41, 5.74) is -0.359. The van der Waals surface area contributed by atoms with Crippen LogP contribution >= 0.6 is 7.60 Å². The lowest BCUT2D eigenvalue weighted by molar-refractivity contribution is 0.258. The van der Waals surface area contributed by atoms with Gasteiger partial charge in [-0.15, -0.1) is 0 Å². The Labute approximate surface area is 60.9 Å². The van der Waals surface area contributed by atoms with Crippen LogP contribution in [0.15, 0.2) is 0 Å². The Morgan fingerprint density at radius 1 is 1.80 bits per heavy atom. The Balaban J connectivity index is 3.91. The summed E-state index contributed by atoms with van der Waals surface area (Å²) in [5.74, 6) is 4.62. The minimum absolute atomic E-state index is 0.359. The van der Waals surface area contributed by atoms with Crippen LogP contribution in [0.25, 0.3) is 0 Å². The van der Waals surface area contributed by atoms with Crippen molar-refractivity contribution in [2.24, 2.45) is 5.90 Å². The van der Waals surface area contributed by atoms with E-state index in [0.29, 0.717) is 6.42 Å². The summed E-state index contributed by atoms with van der Waals surface area (Å²) >= 11 is 0. The van der Waals surface area contributed by atoms with Gasteiger partial charge in [0, 0.05) is 0 Å². The van der Waals surface area contributed by atoms with E-state index in [1.807, 2.05) is 6.92 Å². The van der Waals surface area contributed by atoms with Crippen molar-refractivity contribution >= 4 is 7.60 Å². The van der Waals surface area contributed by atoms with E-state index in [2.05, 4.69) is 10.5 Å². The zero-order valence-corrected chi connectivity index (χ0v) is 7.17. The standard InChI is InChI=1S/C5H14NO3P/c1-3-4-5(2)10(7,8)9-6/h5H,3-4,6H2,1-2H3,(H,7,8). The van der Waals surface area contributed by atoms with Crippen LogP contribution in [-0.2, 0) is 9.19 Å². The van der Waals surface area contributed by atoms with E-state index in [-0.39, 0.29) is 5.66 Å². The number of hydrogen-bond acceptors (Lipinski definition) is 3. The molecular weight excluding hydrogens is 153 g/mol. The first-order valence-electron chi connectivity index (χ1n) is 3.25. The maximum atomic E-state index is 10.9. The van der Waals surface area contributed by atoms with Crippen LogP contribution in [0.3, 0.4) is 0 Å². The molecule has 0 heterocycles. The van der Waals surface area contributed by atoms with Gasteiger partial charge in [0.2, 0.25) is 0 Å². The Morgan fingerprint density at radius 3 is 2.60 bits per heavy atom. The van der Waals surface area contributed by atoms with E-state index in [4.69, 9.17) is 4.89 Å². The van der Waals surface area contributed by atoms with Gasteiger partial charge < -0.3 is 4.89 Å². The smallest absolute Gasteiger partial charge is 0.323 e. The molecule has 0 radical (unpaired) electrons. The molecule has 0 aromatic rings. The van der Waals surface area contributed by atoms with Crippen molar-refractivity contribution in [2.75, 3.05) is 0 Å². The van der Waals surface area contributed by atoms with Crippen LogP contribution in [0.4, 0.5) is 0 Å². The van der Waals surface area contributed by atoms with E-state index in [1.165, 1.54) is 0 Å². The van der Waals surface area contributed by atoms with Crippen molar-refractivity contribution in [3.8, 4) is 0 Å². The van der Waals surface area contributed by atoms with Crippen molar-refractivity contribution < 1.29 is 14.1 Å². The SMILES string of the molecule is CCCC(C)P(=O)(O)ON. The summed E-state index contributed by atoms with van der Waals surface area (Å²) in [6.45, 7) is 3.59. The molecule has 62 valence electrons. The fourth-order valence-electron chi connectivity index (χ4n) is 0.685. The number of hydrogen-bond donors (Lipinski definition) is 2. The highest BCUT2D eigenvalue weighted by Gasteiger charge is 2.26. The molecule has 0 aliphatic carbocycles. The van der Waals surface area contributed by atoms with E-state index in [1.54, 1.807) is 6.92 Å². The van der Waals surface area contributed by atoms with Crippen molar-refractivity contribution in [3.63, 3.8) is 0 Å². The van der Waals surface area contributed by atoms with Gasteiger partial charge in [-0.1, -0.05) is 20.3 Å². The van der Waals surface area contributed by atoms with Crippen molar-refractivity contribution in [2.45, 2.75) is 32.3 Å². The first kappa shape index (κ1) is 10.1. The van der Waals surface area contributed by atoms with E-state index in [0.717, 1.165) is 6.42 Å². The maximum absolute atomic E-state index is 10.9. The second-order valence-corrected chi connectivity index (χ2v) is 4.53. The van der Waals surface area contributed by atoms with Gasteiger partial charge in [0.15, 0.2) is 0 Å². The van der Waals surface area contributed by atoms with Crippen LogP contribution in [-0.4, -0.2) is 10.6 Å². The Kier molecular flexibility index (Phi) is 4.13. The summed E-state index contributed by atoms with van der Waals surface area (Å²) in [5, 5.41) is 0. The van der Waals surface area contributed by atoms with Gasteiger partial charge in [0.1, 0.15) is 0 Å². The van der Waals surface area contributed by atoms with E-state index >= 15 is 0 Å². The zero-order valence-electron chi connectivity index (χ0n) is 6.28. The molecule has 0 saturated heterocycles. The molecular formula is C5H14NO3P. The van der Waals surface area contributed by atoms with Gasteiger partial charge in [0.25, 0.3) is 0 Å². The second-order valence-electron chi connectivity index (χ2n) is 2.31. The average molecular weight is 167 g/mol. The summed E-state index contributed by atoms with van der Waals surface area (Å²) in [7, 11) is -3.50. The van der Waals surface area contributed by atoms with Crippen molar-refractivity contribution in [1.82, 2.24) is 0 Å². The molecule has 0 bridgehead atoms. The molecule has 3 N–H and O–H groups in total. The van der Waals surface area contributed by atoms with Gasteiger partial charge in [-0.05, 0) is 6.42 Å². The first-order valence-corrected chi connectivity index (χ1v) is 4.90. The van der Waals surface area contributed by atoms with Crippen molar-refractivity contribution in [3.05, 3.63) is 0 Å². The highest BCUT2D eigenvalue weighted by molar-refractivity contribution is 7.53. The molecule has 0 rings (SSSR count). The quantitative estimate of drug-likeness (QED) is 0.488. The van der Waals surface area contributed by atoms with Crippen LogP contribution < -0.4 is 5.90 Å². The minimum atomic E-state index is -3.50. The molecule has 0 saturated carbocycles. The van der Waals surface area contributed by atoms with Crippen LogP contribution in [0.2, 0.25) is 0 Å². The van der Waals surface area contributed by atoms with Crippen LogP contribution in [0.1, 0.15) is 26.7 Å². The summed E-state index contributed by atoms with van der Waals surface area (Å²) < 4.78 is 14.8. The van der Waals surface area contributed by atoms with Gasteiger partial charge in [-0.3, -0.25) is 4.57 Å². The first-order chi connectivity index (χ1) is 4.54. The maximum Gasteiger partial charge on any atom is 0.346 e. The molecule has 0 aliphatic heterocycles. The molecule has 4 nitrogen and oxygen atoms in total. The highest BCUT2D eigenvalue weighted by Crippen LogP contribution is 2.46. The zero-order chi connectivity index (χ0) is 8.20. The van der Waals surface area contributed by atoms with Gasteiger partial charge in [-0.2, -0.15) is 0 Å². The molecule has 0 fully saturated rings. The van der Waals surface area contributed by atoms with Gasteiger partial charge in [-0.25, -0.2) is 10.5 Å². The molecule has 10 heavy (non-hydrogen) atoms. The van der Waals surface area contributed by atoms with Crippen LogP contribution in [0.5, 0.6) is 0 Å². The molecule has 0 spiro atoms. The molecule has 0 aromatic carbocycles. The Hall–Kier alpha value is 0.110. The monoisotopic (exact) mass is 167 g/mol.